The molecule has 3 nitrogen and oxygen atoms in total. The van der Waals surface area contributed by atoms with E-state index in [0.717, 1.165) is 12.8 Å². The molecular weight excluding hydrogens is 298 g/mol. The largest absolute Gasteiger partial charge is 0.481 e. The molecule has 2 aromatic carbocycles. The van der Waals surface area contributed by atoms with Gasteiger partial charge in [-0.1, -0.05) is 56.3 Å². The first kappa shape index (κ1) is 18.1. The van der Waals surface area contributed by atoms with Crippen LogP contribution in [-0.2, 0) is 11.2 Å². The Balaban J connectivity index is 1.68. The topological polar surface area (TPSA) is 38.3 Å². The van der Waals surface area contributed by atoms with Crippen molar-refractivity contribution in [2.75, 3.05) is 6.54 Å². The van der Waals surface area contributed by atoms with Gasteiger partial charge in [0.05, 0.1) is 0 Å². The number of benzene rings is 2. The summed E-state index contributed by atoms with van der Waals surface area (Å²) in [5.41, 5.74) is 2.67. The molecule has 0 heterocycles. The Morgan fingerprint density at radius 2 is 1.67 bits per heavy atom. The summed E-state index contributed by atoms with van der Waals surface area (Å²) >= 11 is 0. The predicted octanol–water partition coefficient (Wildman–Crippen LogP) is 4.33. The fourth-order valence-corrected chi connectivity index (χ4v) is 2.47. The van der Waals surface area contributed by atoms with Gasteiger partial charge in [-0.15, -0.1) is 0 Å². The maximum absolute atomic E-state index is 12.0. The van der Waals surface area contributed by atoms with E-state index in [1.807, 2.05) is 30.3 Å². The van der Waals surface area contributed by atoms with E-state index in [-0.39, 0.29) is 5.91 Å². The van der Waals surface area contributed by atoms with E-state index in [2.05, 4.69) is 43.4 Å². The number of hydrogen-bond donors (Lipinski definition) is 1. The molecule has 128 valence electrons. The van der Waals surface area contributed by atoms with E-state index in [0.29, 0.717) is 18.2 Å². The summed E-state index contributed by atoms with van der Waals surface area (Å²) in [4.78, 5) is 12.0. The lowest BCUT2D eigenvalue weighted by Gasteiger charge is -2.14. The smallest absolute Gasteiger partial charge is 0.260 e. The van der Waals surface area contributed by atoms with Gasteiger partial charge in [-0.25, -0.2) is 0 Å². The van der Waals surface area contributed by atoms with Crippen LogP contribution in [0.5, 0.6) is 5.75 Å². The molecule has 0 unspecified atom stereocenters. The number of carbonyl (C=O) groups excluding carboxylic acids is 1. The van der Waals surface area contributed by atoms with Crippen molar-refractivity contribution in [2.24, 2.45) is 0 Å². The third-order valence-corrected chi connectivity index (χ3v) is 4.01. The number of aryl methyl sites for hydroxylation is 1. The van der Waals surface area contributed by atoms with E-state index < -0.39 is 6.10 Å². The van der Waals surface area contributed by atoms with Crippen LogP contribution < -0.4 is 10.1 Å². The zero-order chi connectivity index (χ0) is 17.4. The first-order valence-electron chi connectivity index (χ1n) is 8.64. The Morgan fingerprint density at radius 3 is 2.29 bits per heavy atom. The van der Waals surface area contributed by atoms with Gasteiger partial charge in [0.15, 0.2) is 6.10 Å². The molecule has 0 saturated heterocycles. The average molecular weight is 325 g/mol. The summed E-state index contributed by atoms with van der Waals surface area (Å²) < 4.78 is 5.61. The van der Waals surface area contributed by atoms with Crippen LogP contribution in [0.2, 0.25) is 0 Å². The highest BCUT2D eigenvalue weighted by Crippen LogP contribution is 2.15. The molecule has 0 aliphatic carbocycles. The Morgan fingerprint density at radius 1 is 1.00 bits per heavy atom. The zero-order valence-corrected chi connectivity index (χ0v) is 14.8. The average Bonchev–Trinajstić information content (AvgIpc) is 2.59. The maximum atomic E-state index is 12.0. The Labute approximate surface area is 145 Å². The number of para-hydroxylation sites is 1. The minimum Gasteiger partial charge on any atom is -0.481 e. The predicted molar refractivity (Wildman–Crippen MR) is 98.4 cm³/mol. The van der Waals surface area contributed by atoms with E-state index in [9.17, 15) is 4.79 Å². The molecule has 0 aliphatic rings. The number of ether oxygens (including phenoxy) is 1. The Kier molecular flexibility index (Phi) is 6.86. The number of carbonyl (C=O) groups is 1. The van der Waals surface area contributed by atoms with Crippen LogP contribution in [0.25, 0.3) is 0 Å². The highest BCUT2D eigenvalue weighted by Gasteiger charge is 2.13. The van der Waals surface area contributed by atoms with Crippen LogP contribution in [0.15, 0.2) is 54.6 Å². The van der Waals surface area contributed by atoms with Gasteiger partial charge in [0.25, 0.3) is 5.91 Å². The van der Waals surface area contributed by atoms with Crippen molar-refractivity contribution >= 4 is 5.91 Å². The number of rotatable bonds is 8. The molecular formula is C21H27NO2. The molecule has 1 N–H and O–H groups in total. The summed E-state index contributed by atoms with van der Waals surface area (Å²) in [5.74, 6) is 1.20. The summed E-state index contributed by atoms with van der Waals surface area (Å²) in [5, 5.41) is 2.94. The van der Waals surface area contributed by atoms with E-state index in [1.54, 1.807) is 6.92 Å². The molecule has 2 aromatic rings. The van der Waals surface area contributed by atoms with Crippen molar-refractivity contribution < 1.29 is 9.53 Å². The fraction of sp³-hybridized carbons (Fsp3) is 0.381. The third kappa shape index (κ3) is 5.73. The quantitative estimate of drug-likeness (QED) is 0.734. The molecule has 24 heavy (non-hydrogen) atoms. The van der Waals surface area contributed by atoms with Crippen molar-refractivity contribution in [3.63, 3.8) is 0 Å². The summed E-state index contributed by atoms with van der Waals surface area (Å²) in [6.07, 6.45) is 1.40. The van der Waals surface area contributed by atoms with Gasteiger partial charge < -0.3 is 10.1 Å². The van der Waals surface area contributed by atoms with Crippen molar-refractivity contribution in [3.8, 4) is 5.75 Å². The van der Waals surface area contributed by atoms with Crippen molar-refractivity contribution in [3.05, 3.63) is 65.7 Å². The monoisotopic (exact) mass is 325 g/mol. The van der Waals surface area contributed by atoms with Crippen LogP contribution in [0.3, 0.4) is 0 Å². The molecule has 0 bridgehead atoms. The molecule has 0 aliphatic heterocycles. The standard InChI is InChI=1S/C21H27NO2/c1-16(2)19-13-11-18(12-14-19)8-7-15-22-21(23)17(3)24-20-9-5-4-6-10-20/h4-6,9-14,16-17H,7-8,15H2,1-3H3,(H,22,23)/t17-/m0/s1. The molecule has 0 aromatic heterocycles. The lowest BCUT2D eigenvalue weighted by atomic mass is 10.0. The molecule has 1 amide bonds. The van der Waals surface area contributed by atoms with Gasteiger partial charge in [0.2, 0.25) is 0 Å². The Hall–Kier alpha value is -2.29. The minimum absolute atomic E-state index is 0.0750. The van der Waals surface area contributed by atoms with Gasteiger partial charge in [-0.3, -0.25) is 4.79 Å². The first-order chi connectivity index (χ1) is 11.6. The van der Waals surface area contributed by atoms with Crippen LogP contribution in [0.4, 0.5) is 0 Å². The maximum Gasteiger partial charge on any atom is 0.260 e. The van der Waals surface area contributed by atoms with Gasteiger partial charge in [-0.2, -0.15) is 0 Å². The molecule has 3 heteroatoms. The van der Waals surface area contributed by atoms with Crippen molar-refractivity contribution in [1.82, 2.24) is 5.32 Å². The zero-order valence-electron chi connectivity index (χ0n) is 14.8. The molecule has 0 fully saturated rings. The highest BCUT2D eigenvalue weighted by molar-refractivity contribution is 5.80. The summed E-state index contributed by atoms with van der Waals surface area (Å²) in [6, 6.07) is 18.1. The number of amides is 1. The van der Waals surface area contributed by atoms with E-state index in [4.69, 9.17) is 4.74 Å². The Bertz CT molecular complexity index is 620. The van der Waals surface area contributed by atoms with Gasteiger partial charge in [0, 0.05) is 6.54 Å². The van der Waals surface area contributed by atoms with E-state index in [1.165, 1.54) is 11.1 Å². The van der Waals surface area contributed by atoms with Crippen LogP contribution in [0, 0.1) is 0 Å². The first-order valence-corrected chi connectivity index (χ1v) is 8.64. The number of hydrogen-bond acceptors (Lipinski definition) is 2. The molecule has 0 radical (unpaired) electrons. The van der Waals surface area contributed by atoms with Crippen LogP contribution >= 0.6 is 0 Å². The number of nitrogens with one attached hydrogen (secondary N) is 1. The SMILES string of the molecule is CC(C)c1ccc(CCCNC(=O)[C@H](C)Oc2ccccc2)cc1. The highest BCUT2D eigenvalue weighted by atomic mass is 16.5. The van der Waals surface area contributed by atoms with Crippen molar-refractivity contribution in [1.29, 1.82) is 0 Å². The second-order valence-corrected chi connectivity index (χ2v) is 6.36. The second-order valence-electron chi connectivity index (χ2n) is 6.36. The second kappa shape index (κ2) is 9.11. The van der Waals surface area contributed by atoms with Gasteiger partial charge in [0.1, 0.15) is 5.75 Å². The van der Waals surface area contributed by atoms with Crippen molar-refractivity contribution in [2.45, 2.75) is 45.6 Å². The summed E-state index contributed by atoms with van der Waals surface area (Å²) in [7, 11) is 0. The van der Waals surface area contributed by atoms with E-state index >= 15 is 0 Å². The molecule has 0 saturated carbocycles. The molecule has 2 rings (SSSR count). The lowest BCUT2D eigenvalue weighted by molar-refractivity contribution is -0.127. The van der Waals surface area contributed by atoms with Gasteiger partial charge >= 0.3 is 0 Å². The lowest BCUT2D eigenvalue weighted by Crippen LogP contribution is -2.36. The summed E-state index contributed by atoms with van der Waals surface area (Å²) in [6.45, 7) is 6.83. The fourth-order valence-electron chi connectivity index (χ4n) is 2.47. The molecule has 1 atom stereocenters. The van der Waals surface area contributed by atoms with Crippen LogP contribution in [-0.4, -0.2) is 18.6 Å². The normalized spacial score (nSPS) is 12.0. The molecule has 0 spiro atoms. The minimum atomic E-state index is -0.488. The third-order valence-electron chi connectivity index (χ3n) is 4.01. The van der Waals surface area contributed by atoms with Gasteiger partial charge in [-0.05, 0) is 48.9 Å². The van der Waals surface area contributed by atoms with Crippen LogP contribution in [0.1, 0.15) is 44.2 Å².